The van der Waals surface area contributed by atoms with E-state index < -0.39 is 30.1 Å². The Kier molecular flexibility index (Phi) is 6.14. The molecule has 30 heavy (non-hydrogen) atoms. The van der Waals surface area contributed by atoms with Crippen LogP contribution in [0.1, 0.15) is 60.6 Å². The third kappa shape index (κ3) is 4.96. The first-order valence-corrected chi connectivity index (χ1v) is 9.74. The highest BCUT2D eigenvalue weighted by molar-refractivity contribution is 6.01. The molecule has 0 bridgehead atoms. The lowest BCUT2D eigenvalue weighted by atomic mass is 10.0. The Morgan fingerprint density at radius 2 is 1.90 bits per heavy atom. The predicted molar refractivity (Wildman–Crippen MR) is 101 cm³/mol. The van der Waals surface area contributed by atoms with E-state index in [0.717, 1.165) is 18.9 Å². The van der Waals surface area contributed by atoms with Crippen molar-refractivity contribution < 1.29 is 26.7 Å². The quantitative estimate of drug-likeness (QED) is 0.701. The number of nitrogens with zero attached hydrogens (tertiary/aromatic N) is 3. The van der Waals surface area contributed by atoms with Gasteiger partial charge in [0, 0.05) is 31.6 Å². The fraction of sp³-hybridized carbons (Fsp3) is 0.550. The van der Waals surface area contributed by atoms with Gasteiger partial charge < -0.3 is 10.2 Å². The Bertz CT molecular complexity index is 892. The number of nitrogens with one attached hydrogen (secondary N) is 1. The first kappa shape index (κ1) is 22.2. The first-order valence-electron chi connectivity index (χ1n) is 9.74. The highest BCUT2D eigenvalue weighted by Gasteiger charge is 2.39. The van der Waals surface area contributed by atoms with E-state index in [-0.39, 0.29) is 42.9 Å². The van der Waals surface area contributed by atoms with E-state index in [1.54, 1.807) is 12.2 Å². The van der Waals surface area contributed by atoms with Gasteiger partial charge in [0.25, 0.3) is 5.91 Å². The van der Waals surface area contributed by atoms with Crippen molar-refractivity contribution in [3.8, 4) is 0 Å². The Morgan fingerprint density at radius 1 is 1.17 bits per heavy atom. The lowest BCUT2D eigenvalue weighted by Crippen LogP contribution is -2.33. The summed E-state index contributed by atoms with van der Waals surface area (Å²) in [6, 6.07) is 0. The summed E-state index contributed by atoms with van der Waals surface area (Å²) in [5, 5.41) is 9.58. The highest BCUT2D eigenvalue weighted by atomic mass is 19.4. The van der Waals surface area contributed by atoms with Gasteiger partial charge in [0.05, 0.1) is 5.56 Å². The summed E-state index contributed by atoms with van der Waals surface area (Å²) in [5.74, 6) is -3.73. The average molecular weight is 430 g/mol. The van der Waals surface area contributed by atoms with Gasteiger partial charge in [-0.3, -0.25) is 4.79 Å². The van der Waals surface area contributed by atoms with E-state index in [1.807, 2.05) is 6.92 Å². The van der Waals surface area contributed by atoms with Crippen molar-refractivity contribution in [2.45, 2.75) is 58.1 Å². The third-order valence-electron chi connectivity index (χ3n) is 5.27. The lowest BCUT2D eigenvalue weighted by molar-refractivity contribution is -0.142. The molecule has 164 valence electrons. The number of hydrogen-bond acceptors (Lipinski definition) is 4. The van der Waals surface area contributed by atoms with Crippen LogP contribution in [0.5, 0.6) is 0 Å². The second-order valence-electron chi connectivity index (χ2n) is 7.71. The largest absolute Gasteiger partial charge is 0.435 e. The third-order valence-corrected chi connectivity index (χ3v) is 5.27. The minimum absolute atomic E-state index is 0.104. The topological polar surface area (TPSA) is 58.1 Å². The van der Waals surface area contributed by atoms with Crippen LogP contribution < -0.4 is 10.2 Å². The number of allylic oxidation sites excluding steroid dienone is 3. The van der Waals surface area contributed by atoms with Crippen LogP contribution in [0.2, 0.25) is 0 Å². The van der Waals surface area contributed by atoms with Crippen molar-refractivity contribution in [3.05, 3.63) is 40.2 Å². The molecular weight excluding hydrogens is 407 g/mol. The number of carbonyl (C=O) groups is 1. The van der Waals surface area contributed by atoms with E-state index in [1.165, 1.54) is 4.90 Å². The van der Waals surface area contributed by atoms with Gasteiger partial charge in [-0.2, -0.15) is 13.2 Å². The maximum absolute atomic E-state index is 13.8. The standard InChI is InChI=1S/C20H23F5N4O/c1-12-5-3-6-14(11-12)26-18(30)15-13(2)16(20(23,24)25)27-28-17(15)29-9-4-7-19(21,22)8-10-29/h6,11H,3-5,7-10H2,1-2H3,(H,26,30). The van der Waals surface area contributed by atoms with E-state index >= 15 is 0 Å². The number of rotatable bonds is 3. The smallest absolute Gasteiger partial charge is 0.354 e. The van der Waals surface area contributed by atoms with Crippen molar-refractivity contribution in [2.75, 3.05) is 18.0 Å². The number of carbonyl (C=O) groups excluding carboxylic acids is 1. The van der Waals surface area contributed by atoms with Gasteiger partial charge in [0.1, 0.15) is 0 Å². The maximum atomic E-state index is 13.8. The van der Waals surface area contributed by atoms with Crippen LogP contribution in [0.15, 0.2) is 23.4 Å². The molecule has 5 nitrogen and oxygen atoms in total. The summed E-state index contributed by atoms with van der Waals surface area (Å²) in [6.45, 7) is 3.06. The zero-order chi connectivity index (χ0) is 22.1. The summed E-state index contributed by atoms with van der Waals surface area (Å²) in [5.41, 5.74) is -0.413. The normalized spacial score (nSPS) is 19.6. The van der Waals surface area contributed by atoms with Crippen LogP contribution in [0.4, 0.5) is 27.8 Å². The van der Waals surface area contributed by atoms with Crippen molar-refractivity contribution in [1.82, 2.24) is 15.5 Å². The number of alkyl halides is 5. The van der Waals surface area contributed by atoms with Crippen molar-refractivity contribution in [1.29, 1.82) is 0 Å². The fourth-order valence-corrected chi connectivity index (χ4v) is 3.68. The molecule has 0 radical (unpaired) electrons. The molecule has 3 rings (SSSR count). The highest BCUT2D eigenvalue weighted by Crippen LogP contribution is 2.35. The molecule has 0 spiro atoms. The van der Waals surface area contributed by atoms with Crippen LogP contribution in [0.3, 0.4) is 0 Å². The lowest BCUT2D eigenvalue weighted by Gasteiger charge is -2.25. The SMILES string of the molecule is CC1=CC(NC(=O)c2c(N3CCCC(F)(F)CC3)nnc(C(F)(F)F)c2C)=CCC1. The van der Waals surface area contributed by atoms with Gasteiger partial charge in [-0.1, -0.05) is 11.6 Å². The molecule has 1 saturated heterocycles. The van der Waals surface area contributed by atoms with Crippen molar-refractivity contribution >= 4 is 11.7 Å². The van der Waals surface area contributed by atoms with Crippen molar-refractivity contribution in [3.63, 3.8) is 0 Å². The Balaban J connectivity index is 2.01. The van der Waals surface area contributed by atoms with Crippen LogP contribution in [0.25, 0.3) is 0 Å². The number of aromatic nitrogens is 2. The van der Waals surface area contributed by atoms with Gasteiger partial charge in [-0.25, -0.2) is 8.78 Å². The maximum Gasteiger partial charge on any atom is 0.435 e. The van der Waals surface area contributed by atoms with Gasteiger partial charge >= 0.3 is 6.18 Å². The summed E-state index contributed by atoms with van der Waals surface area (Å²) in [7, 11) is 0. The van der Waals surface area contributed by atoms with Crippen LogP contribution in [-0.2, 0) is 6.18 Å². The number of anilines is 1. The van der Waals surface area contributed by atoms with Gasteiger partial charge in [-0.05, 0) is 44.7 Å². The van der Waals surface area contributed by atoms with Gasteiger partial charge in [0.2, 0.25) is 5.92 Å². The van der Waals surface area contributed by atoms with Gasteiger partial charge in [0.15, 0.2) is 11.5 Å². The zero-order valence-corrected chi connectivity index (χ0v) is 16.7. The average Bonchev–Trinajstić information content (AvgIpc) is 2.80. The fourth-order valence-electron chi connectivity index (χ4n) is 3.68. The zero-order valence-electron chi connectivity index (χ0n) is 16.7. The predicted octanol–water partition coefficient (Wildman–Crippen LogP) is 4.78. The van der Waals surface area contributed by atoms with E-state index in [4.69, 9.17) is 0 Å². The molecule has 1 amide bonds. The summed E-state index contributed by atoms with van der Waals surface area (Å²) in [6.07, 6.45) is -0.389. The second kappa shape index (κ2) is 8.31. The molecule has 1 aromatic heterocycles. The molecule has 2 heterocycles. The number of hydrogen-bond donors (Lipinski definition) is 1. The number of amides is 1. The molecule has 0 saturated carbocycles. The molecule has 1 aliphatic heterocycles. The molecule has 1 fully saturated rings. The molecule has 2 aliphatic rings. The molecule has 10 heteroatoms. The molecule has 0 atom stereocenters. The van der Waals surface area contributed by atoms with Crippen molar-refractivity contribution in [2.24, 2.45) is 0 Å². The summed E-state index contributed by atoms with van der Waals surface area (Å²) < 4.78 is 67.6. The Morgan fingerprint density at radius 3 is 2.57 bits per heavy atom. The molecule has 1 aliphatic carbocycles. The Hall–Kier alpha value is -2.52. The van der Waals surface area contributed by atoms with E-state index in [2.05, 4.69) is 15.5 Å². The Labute approximate surface area is 171 Å². The summed E-state index contributed by atoms with van der Waals surface area (Å²) >= 11 is 0. The first-order chi connectivity index (χ1) is 14.0. The minimum atomic E-state index is -4.79. The van der Waals surface area contributed by atoms with Crippen LogP contribution in [0, 0.1) is 6.92 Å². The molecular formula is C20H23F5N4O. The molecule has 1 N–H and O–H groups in total. The van der Waals surface area contributed by atoms with Crippen LogP contribution >= 0.6 is 0 Å². The minimum Gasteiger partial charge on any atom is -0.354 e. The second-order valence-corrected chi connectivity index (χ2v) is 7.71. The van der Waals surface area contributed by atoms with E-state index in [0.29, 0.717) is 12.1 Å². The molecule has 1 aromatic rings. The summed E-state index contributed by atoms with van der Waals surface area (Å²) in [4.78, 5) is 14.4. The molecule has 0 unspecified atom stereocenters. The van der Waals surface area contributed by atoms with Crippen LogP contribution in [-0.4, -0.2) is 35.1 Å². The van der Waals surface area contributed by atoms with Gasteiger partial charge in [-0.15, -0.1) is 10.2 Å². The monoisotopic (exact) mass is 430 g/mol. The number of halogens is 5. The van der Waals surface area contributed by atoms with E-state index in [9.17, 15) is 26.7 Å². The molecule has 0 aromatic carbocycles.